The van der Waals surface area contributed by atoms with Crippen LogP contribution in [0.5, 0.6) is 11.5 Å². The second-order valence-corrected chi connectivity index (χ2v) is 7.86. The molecule has 1 saturated heterocycles. The van der Waals surface area contributed by atoms with E-state index in [0.717, 1.165) is 6.42 Å². The van der Waals surface area contributed by atoms with Gasteiger partial charge in [-0.25, -0.2) is 0 Å². The van der Waals surface area contributed by atoms with Crippen LogP contribution in [-0.2, 0) is 14.3 Å². The molecule has 2 unspecified atom stereocenters. The van der Waals surface area contributed by atoms with Crippen LogP contribution in [-0.4, -0.2) is 44.3 Å². The molecule has 0 aromatic heterocycles. The maximum absolute atomic E-state index is 12.9. The predicted octanol–water partition coefficient (Wildman–Crippen LogP) is 2.20. The zero-order chi connectivity index (χ0) is 20.2. The van der Waals surface area contributed by atoms with Crippen molar-refractivity contribution in [1.29, 1.82) is 0 Å². The van der Waals surface area contributed by atoms with Gasteiger partial charge in [-0.15, -0.1) is 0 Å². The summed E-state index contributed by atoms with van der Waals surface area (Å²) in [6.07, 6.45) is 0.00556. The van der Waals surface area contributed by atoms with Gasteiger partial charge >= 0.3 is 0 Å². The number of rotatable bonds is 7. The standard InChI is InChI=1S/C20H30N2O5/c1-12(2)10-20(3,4)22-19(24)18-17(21-16(23)11-27-18)13-7-8-14(25-5)15(9-13)26-6/h7-9,12,17-18H,10-11H2,1-6H3,(H,21,23)(H,22,24). The number of hydrogen-bond donors (Lipinski definition) is 2. The van der Waals surface area contributed by atoms with Crippen LogP contribution in [0.3, 0.4) is 0 Å². The van der Waals surface area contributed by atoms with Crippen molar-refractivity contribution in [3.8, 4) is 11.5 Å². The molecule has 0 bridgehead atoms. The Morgan fingerprint density at radius 3 is 2.56 bits per heavy atom. The number of carbonyl (C=O) groups excluding carboxylic acids is 2. The molecule has 1 fully saturated rings. The number of hydrogen-bond acceptors (Lipinski definition) is 5. The smallest absolute Gasteiger partial charge is 0.252 e. The van der Waals surface area contributed by atoms with Crippen LogP contribution in [0.15, 0.2) is 18.2 Å². The summed E-state index contributed by atoms with van der Waals surface area (Å²) in [7, 11) is 3.09. The Kier molecular flexibility index (Phi) is 6.70. The molecular formula is C20H30N2O5. The number of morpholine rings is 1. The van der Waals surface area contributed by atoms with Crippen molar-refractivity contribution in [2.24, 2.45) is 5.92 Å². The van der Waals surface area contributed by atoms with E-state index in [1.165, 1.54) is 7.11 Å². The van der Waals surface area contributed by atoms with E-state index < -0.39 is 12.1 Å². The minimum Gasteiger partial charge on any atom is -0.493 e. The van der Waals surface area contributed by atoms with Gasteiger partial charge in [0.25, 0.3) is 5.91 Å². The van der Waals surface area contributed by atoms with Gasteiger partial charge < -0.3 is 24.8 Å². The Morgan fingerprint density at radius 2 is 1.96 bits per heavy atom. The number of ether oxygens (including phenoxy) is 3. The van der Waals surface area contributed by atoms with Crippen LogP contribution in [0.4, 0.5) is 0 Å². The summed E-state index contributed by atoms with van der Waals surface area (Å²) in [5, 5.41) is 5.91. The van der Waals surface area contributed by atoms with Gasteiger partial charge in [0.15, 0.2) is 17.6 Å². The molecule has 2 atom stereocenters. The van der Waals surface area contributed by atoms with Crippen molar-refractivity contribution in [1.82, 2.24) is 10.6 Å². The summed E-state index contributed by atoms with van der Waals surface area (Å²) in [5.74, 6) is 1.02. The molecule has 2 rings (SSSR count). The average molecular weight is 378 g/mol. The second-order valence-electron chi connectivity index (χ2n) is 7.86. The third kappa shape index (κ3) is 5.35. The van der Waals surface area contributed by atoms with Gasteiger partial charge in [0, 0.05) is 5.54 Å². The first-order valence-electron chi connectivity index (χ1n) is 9.11. The van der Waals surface area contributed by atoms with Gasteiger partial charge in [0.05, 0.1) is 20.3 Å². The number of methoxy groups -OCH3 is 2. The first kappa shape index (κ1) is 21.0. The van der Waals surface area contributed by atoms with Gasteiger partial charge in [0.1, 0.15) is 6.61 Å². The zero-order valence-corrected chi connectivity index (χ0v) is 16.9. The summed E-state index contributed by atoms with van der Waals surface area (Å²) in [6, 6.07) is 4.67. The lowest BCUT2D eigenvalue weighted by atomic mass is 9.91. The first-order valence-corrected chi connectivity index (χ1v) is 9.11. The lowest BCUT2D eigenvalue weighted by Gasteiger charge is -2.35. The van der Waals surface area contributed by atoms with Crippen molar-refractivity contribution < 1.29 is 23.8 Å². The molecule has 2 N–H and O–H groups in total. The molecule has 1 aliphatic rings. The number of carbonyl (C=O) groups is 2. The molecule has 1 heterocycles. The lowest BCUT2D eigenvalue weighted by molar-refractivity contribution is -0.149. The molecule has 1 aromatic rings. The van der Waals surface area contributed by atoms with E-state index in [9.17, 15) is 9.59 Å². The molecule has 0 saturated carbocycles. The Morgan fingerprint density at radius 1 is 1.30 bits per heavy atom. The quantitative estimate of drug-likeness (QED) is 0.760. The number of nitrogens with one attached hydrogen (secondary N) is 2. The van der Waals surface area contributed by atoms with E-state index >= 15 is 0 Å². The molecule has 27 heavy (non-hydrogen) atoms. The Hall–Kier alpha value is -2.28. The molecule has 0 radical (unpaired) electrons. The Balaban J connectivity index is 2.26. The van der Waals surface area contributed by atoms with E-state index in [-0.39, 0.29) is 24.0 Å². The minimum atomic E-state index is -0.827. The largest absolute Gasteiger partial charge is 0.493 e. The Labute approximate surface area is 160 Å². The zero-order valence-electron chi connectivity index (χ0n) is 16.9. The summed E-state index contributed by atoms with van der Waals surface area (Å²) in [5.41, 5.74) is 0.334. The van der Waals surface area contributed by atoms with Gasteiger partial charge in [-0.3, -0.25) is 9.59 Å². The van der Waals surface area contributed by atoms with E-state index in [1.54, 1.807) is 25.3 Å². The second kappa shape index (κ2) is 8.61. The minimum absolute atomic E-state index is 0.146. The SMILES string of the molecule is COc1ccc(C2NC(=O)COC2C(=O)NC(C)(C)CC(C)C)cc1OC. The van der Waals surface area contributed by atoms with E-state index in [4.69, 9.17) is 14.2 Å². The van der Waals surface area contributed by atoms with Crippen LogP contribution in [0.1, 0.15) is 45.7 Å². The van der Waals surface area contributed by atoms with Crippen LogP contribution < -0.4 is 20.1 Å². The third-order valence-corrected chi connectivity index (χ3v) is 4.42. The molecule has 150 valence electrons. The highest BCUT2D eigenvalue weighted by Crippen LogP contribution is 2.32. The van der Waals surface area contributed by atoms with Crippen LogP contribution in [0.2, 0.25) is 0 Å². The fourth-order valence-electron chi connectivity index (χ4n) is 3.56. The lowest BCUT2D eigenvalue weighted by Crippen LogP contribution is -2.56. The molecule has 7 nitrogen and oxygen atoms in total. The number of benzene rings is 1. The average Bonchev–Trinajstić information content (AvgIpc) is 2.59. The highest BCUT2D eigenvalue weighted by molar-refractivity contribution is 5.86. The molecule has 7 heteroatoms. The maximum Gasteiger partial charge on any atom is 0.252 e. The van der Waals surface area contributed by atoms with E-state index in [1.807, 2.05) is 13.8 Å². The van der Waals surface area contributed by atoms with Crippen molar-refractivity contribution in [2.45, 2.75) is 51.8 Å². The summed E-state index contributed by atoms with van der Waals surface area (Å²) in [4.78, 5) is 24.8. The maximum atomic E-state index is 12.9. The summed E-state index contributed by atoms with van der Waals surface area (Å²) >= 11 is 0. The van der Waals surface area contributed by atoms with Gasteiger partial charge in [-0.2, -0.15) is 0 Å². The molecule has 0 aliphatic carbocycles. The molecule has 0 spiro atoms. The van der Waals surface area contributed by atoms with Gasteiger partial charge in [-0.1, -0.05) is 19.9 Å². The predicted molar refractivity (Wildman–Crippen MR) is 102 cm³/mol. The topological polar surface area (TPSA) is 85.9 Å². The normalized spacial score (nSPS) is 20.2. The third-order valence-electron chi connectivity index (χ3n) is 4.42. The first-order chi connectivity index (χ1) is 12.7. The highest BCUT2D eigenvalue weighted by Gasteiger charge is 2.38. The fourth-order valence-corrected chi connectivity index (χ4v) is 3.56. The summed E-state index contributed by atoms with van der Waals surface area (Å²) in [6.45, 7) is 8.04. The fraction of sp³-hybridized carbons (Fsp3) is 0.600. The van der Waals surface area contributed by atoms with Crippen molar-refractivity contribution in [3.63, 3.8) is 0 Å². The molecule has 1 aliphatic heterocycles. The van der Waals surface area contributed by atoms with Crippen molar-refractivity contribution in [2.75, 3.05) is 20.8 Å². The molecule has 1 aromatic carbocycles. The van der Waals surface area contributed by atoms with Crippen molar-refractivity contribution in [3.05, 3.63) is 23.8 Å². The molecular weight excluding hydrogens is 348 g/mol. The molecule has 2 amide bonds. The van der Waals surface area contributed by atoms with Gasteiger partial charge in [0.2, 0.25) is 5.91 Å². The Bertz CT molecular complexity index is 687. The van der Waals surface area contributed by atoms with Crippen LogP contribution in [0, 0.1) is 5.92 Å². The van der Waals surface area contributed by atoms with E-state index in [0.29, 0.717) is 23.0 Å². The highest BCUT2D eigenvalue weighted by atomic mass is 16.5. The van der Waals surface area contributed by atoms with Crippen molar-refractivity contribution >= 4 is 11.8 Å². The monoisotopic (exact) mass is 378 g/mol. The van der Waals surface area contributed by atoms with Crippen LogP contribution >= 0.6 is 0 Å². The summed E-state index contributed by atoms with van der Waals surface area (Å²) < 4.78 is 16.2. The van der Waals surface area contributed by atoms with Crippen LogP contribution in [0.25, 0.3) is 0 Å². The number of amides is 2. The van der Waals surface area contributed by atoms with E-state index in [2.05, 4.69) is 24.5 Å². The van der Waals surface area contributed by atoms with Gasteiger partial charge in [-0.05, 0) is 43.9 Å².